The Labute approximate surface area is 368 Å². The monoisotopic (exact) mass is 841 g/mol. The van der Waals surface area contributed by atoms with Gasteiger partial charge in [-0.3, -0.25) is 9.59 Å². The number of unbranched alkanes of at least 4 members (excludes halogenated alkanes) is 16. The molecular weight excluding hydrogens is 751 g/mol. The lowest BCUT2D eigenvalue weighted by atomic mass is 10.0. The Balaban J connectivity index is 4.37. The minimum atomic E-state index is -0.882. The molecule has 0 aliphatic rings. The number of hydrogen-bond acceptors (Lipinski definition) is 6. The zero-order valence-corrected chi connectivity index (χ0v) is 39.1. The molecule has 60 heavy (non-hydrogen) atoms. The van der Waals surface area contributed by atoms with Crippen LogP contribution in [-0.2, 0) is 28.6 Å². The van der Waals surface area contributed by atoms with Gasteiger partial charge in [0.2, 0.25) is 0 Å². The van der Waals surface area contributed by atoms with E-state index in [4.69, 9.17) is 14.2 Å². The summed E-state index contributed by atoms with van der Waals surface area (Å²) in [5, 5.41) is 9.63. The molecule has 2 atom stereocenters. The lowest BCUT2D eigenvalue weighted by Crippen LogP contribution is -2.50. The predicted molar refractivity (Wildman–Crippen MR) is 252 cm³/mol. The van der Waals surface area contributed by atoms with Crippen LogP contribution in [0.25, 0.3) is 0 Å². The van der Waals surface area contributed by atoms with Gasteiger partial charge in [0.25, 0.3) is 0 Å². The van der Waals surface area contributed by atoms with Gasteiger partial charge in [0.15, 0.2) is 12.1 Å². The minimum Gasteiger partial charge on any atom is -0.477 e. The molecule has 0 aromatic rings. The van der Waals surface area contributed by atoms with E-state index in [9.17, 15) is 19.5 Å². The van der Waals surface area contributed by atoms with Crippen molar-refractivity contribution in [2.45, 2.75) is 199 Å². The highest BCUT2D eigenvalue weighted by Crippen LogP contribution is 2.15. The highest BCUT2D eigenvalue weighted by molar-refractivity contribution is 5.72. The number of esters is 2. The molecule has 0 aliphatic carbocycles. The van der Waals surface area contributed by atoms with Crippen molar-refractivity contribution in [2.24, 2.45) is 0 Å². The maximum absolute atomic E-state index is 12.8. The lowest BCUT2D eigenvalue weighted by Gasteiger charge is -2.31. The zero-order chi connectivity index (χ0) is 44.2. The maximum Gasteiger partial charge on any atom is 0.362 e. The molecule has 2 unspecified atom stereocenters. The van der Waals surface area contributed by atoms with Crippen LogP contribution in [0.1, 0.15) is 187 Å². The molecule has 0 bridgehead atoms. The molecule has 0 heterocycles. The summed E-state index contributed by atoms with van der Waals surface area (Å²) >= 11 is 0. The summed E-state index contributed by atoms with van der Waals surface area (Å²) < 4.78 is 17.3. The number of ether oxygens (including phenoxy) is 3. The molecule has 0 aromatic heterocycles. The van der Waals surface area contributed by atoms with Crippen molar-refractivity contribution in [1.29, 1.82) is 0 Å². The highest BCUT2D eigenvalue weighted by Gasteiger charge is 2.31. The van der Waals surface area contributed by atoms with E-state index in [0.717, 1.165) is 83.5 Å². The summed E-state index contributed by atoms with van der Waals surface area (Å²) in [5.74, 6) is -1.51. The Morgan fingerprint density at radius 1 is 0.517 bits per heavy atom. The zero-order valence-electron chi connectivity index (χ0n) is 39.1. The predicted octanol–water partition coefficient (Wildman–Crippen LogP) is 13.5. The number of aliphatic carboxylic acids is 1. The fourth-order valence-corrected chi connectivity index (χ4v) is 6.68. The third-order valence-corrected chi connectivity index (χ3v) is 10.4. The molecule has 0 fully saturated rings. The standard InChI is InChI=1S/C52H89NO7/c1-6-8-10-12-14-16-18-20-22-23-24-25-26-27-28-29-31-33-35-37-39-41-43-51(55)60-48(46-58-45-44-49(52(56)57)53(3,4)5)47-59-50(54)42-40-38-36-34-32-30-21-19-17-15-13-11-9-7-2/h8,10,14,16,20,22,24-25,27-28,31,33,48-49H,6-7,9,11-13,15,17-19,21,23,26,29-30,32,34-47H2,1-5H3/p+1/b10-8+,16-14+,22-20+,25-24+,28-27+,33-31+. The van der Waals surface area contributed by atoms with E-state index in [1.54, 1.807) is 0 Å². The Kier molecular flexibility index (Phi) is 40.2. The summed E-state index contributed by atoms with van der Waals surface area (Å²) in [7, 11) is 5.51. The molecule has 0 aromatic carbocycles. The average molecular weight is 841 g/mol. The molecule has 0 amide bonds. The van der Waals surface area contributed by atoms with Gasteiger partial charge in [-0.25, -0.2) is 4.79 Å². The van der Waals surface area contributed by atoms with Crippen LogP contribution in [-0.4, -0.2) is 80.6 Å². The van der Waals surface area contributed by atoms with Crippen LogP contribution < -0.4 is 0 Å². The van der Waals surface area contributed by atoms with Crippen molar-refractivity contribution in [1.82, 2.24) is 0 Å². The number of hydrogen-bond donors (Lipinski definition) is 1. The third kappa shape index (κ3) is 40.2. The van der Waals surface area contributed by atoms with Crippen molar-refractivity contribution in [2.75, 3.05) is 41.0 Å². The summed E-state index contributed by atoms with van der Waals surface area (Å²) in [6.45, 7) is 4.59. The van der Waals surface area contributed by atoms with Crippen LogP contribution in [0, 0.1) is 0 Å². The first-order valence-electron chi connectivity index (χ1n) is 24.0. The normalized spacial score (nSPS) is 13.6. The van der Waals surface area contributed by atoms with Crippen molar-refractivity contribution in [3.8, 4) is 0 Å². The first-order valence-corrected chi connectivity index (χ1v) is 24.0. The fraction of sp³-hybridized carbons (Fsp3) is 0.712. The largest absolute Gasteiger partial charge is 0.477 e. The summed E-state index contributed by atoms with van der Waals surface area (Å²) in [6.07, 6.45) is 53.7. The highest BCUT2D eigenvalue weighted by atomic mass is 16.6. The minimum absolute atomic E-state index is 0.0457. The van der Waals surface area contributed by atoms with Crippen molar-refractivity contribution < 1.29 is 38.2 Å². The molecule has 1 N–H and O–H groups in total. The first-order chi connectivity index (χ1) is 29.1. The maximum atomic E-state index is 12.8. The molecule has 344 valence electrons. The van der Waals surface area contributed by atoms with E-state index in [0.29, 0.717) is 12.8 Å². The quantitative estimate of drug-likeness (QED) is 0.0283. The molecule has 8 heteroatoms. The van der Waals surface area contributed by atoms with Gasteiger partial charge in [0.1, 0.15) is 6.61 Å². The Hall–Kier alpha value is -3.23. The van der Waals surface area contributed by atoms with E-state index >= 15 is 0 Å². The lowest BCUT2D eigenvalue weighted by molar-refractivity contribution is -0.887. The van der Waals surface area contributed by atoms with E-state index in [1.165, 1.54) is 70.6 Å². The second kappa shape index (κ2) is 42.5. The van der Waals surface area contributed by atoms with E-state index in [-0.39, 0.29) is 42.7 Å². The van der Waals surface area contributed by atoms with Crippen LogP contribution in [0.4, 0.5) is 0 Å². The molecule has 0 saturated carbocycles. The molecule has 0 spiro atoms. The molecule has 0 rings (SSSR count). The Bertz CT molecular complexity index is 1210. The first kappa shape index (κ1) is 56.8. The van der Waals surface area contributed by atoms with Gasteiger partial charge >= 0.3 is 17.9 Å². The van der Waals surface area contributed by atoms with Crippen molar-refractivity contribution in [3.63, 3.8) is 0 Å². The number of quaternary nitrogens is 1. The number of likely N-dealkylation sites (N-methyl/N-ethyl adjacent to an activating group) is 1. The molecule has 0 saturated heterocycles. The van der Waals surface area contributed by atoms with Gasteiger partial charge in [-0.1, -0.05) is 177 Å². The van der Waals surface area contributed by atoms with Gasteiger partial charge in [0.05, 0.1) is 34.4 Å². The number of rotatable bonds is 42. The van der Waals surface area contributed by atoms with Crippen LogP contribution in [0.15, 0.2) is 72.9 Å². The second-order valence-electron chi connectivity index (χ2n) is 17.0. The molecule has 0 radical (unpaired) electrons. The van der Waals surface area contributed by atoms with Gasteiger partial charge < -0.3 is 23.8 Å². The number of nitrogens with zero attached hydrogens (tertiary/aromatic N) is 1. The Morgan fingerprint density at radius 3 is 1.38 bits per heavy atom. The number of allylic oxidation sites excluding steroid dienone is 12. The SMILES string of the molecule is CC/C=C/C/C=C/C/C=C/C/C=C/C/C=C/C/C=C/CCCCCC(=O)OC(COCCC(C(=O)O)[N+](C)(C)C)COC(=O)CCCCCCCCCCCCCCCC. The van der Waals surface area contributed by atoms with Crippen LogP contribution >= 0.6 is 0 Å². The molecular formula is C52H90NO7+. The van der Waals surface area contributed by atoms with Crippen molar-refractivity contribution >= 4 is 17.9 Å². The van der Waals surface area contributed by atoms with Gasteiger partial charge in [-0.05, 0) is 64.2 Å². The second-order valence-corrected chi connectivity index (χ2v) is 17.0. The van der Waals surface area contributed by atoms with E-state index < -0.39 is 18.1 Å². The van der Waals surface area contributed by atoms with Crippen LogP contribution in [0.2, 0.25) is 0 Å². The molecule has 8 nitrogen and oxygen atoms in total. The van der Waals surface area contributed by atoms with E-state index in [1.807, 2.05) is 21.1 Å². The van der Waals surface area contributed by atoms with Gasteiger partial charge in [-0.15, -0.1) is 0 Å². The average Bonchev–Trinajstić information content (AvgIpc) is 3.21. The molecule has 0 aliphatic heterocycles. The summed E-state index contributed by atoms with van der Waals surface area (Å²) in [4.78, 5) is 37.1. The van der Waals surface area contributed by atoms with Gasteiger partial charge in [0, 0.05) is 19.3 Å². The number of carbonyl (C=O) groups excluding carboxylic acids is 2. The van der Waals surface area contributed by atoms with Gasteiger partial charge in [-0.2, -0.15) is 0 Å². The van der Waals surface area contributed by atoms with Crippen molar-refractivity contribution in [3.05, 3.63) is 72.9 Å². The number of carbonyl (C=O) groups is 3. The smallest absolute Gasteiger partial charge is 0.362 e. The van der Waals surface area contributed by atoms with Crippen LogP contribution in [0.3, 0.4) is 0 Å². The number of carboxylic acid groups (broad SMARTS) is 1. The van der Waals surface area contributed by atoms with Crippen LogP contribution in [0.5, 0.6) is 0 Å². The fourth-order valence-electron chi connectivity index (χ4n) is 6.68. The summed E-state index contributed by atoms with van der Waals surface area (Å²) in [5.41, 5.74) is 0. The van der Waals surface area contributed by atoms with E-state index in [2.05, 4.69) is 86.8 Å². The third-order valence-electron chi connectivity index (χ3n) is 10.4. The number of carboxylic acids is 1. The topological polar surface area (TPSA) is 99.1 Å². The Morgan fingerprint density at radius 2 is 0.933 bits per heavy atom. The summed E-state index contributed by atoms with van der Waals surface area (Å²) in [6, 6.07) is -0.623.